The predicted molar refractivity (Wildman–Crippen MR) is 85.9 cm³/mol. The van der Waals surface area contributed by atoms with Gasteiger partial charge in [0.05, 0.1) is 15.7 Å². The predicted octanol–water partition coefficient (Wildman–Crippen LogP) is 4.30. The Kier molecular flexibility index (Phi) is 5.38. The zero-order chi connectivity index (χ0) is 14.7. The maximum atomic E-state index is 6.07. The van der Waals surface area contributed by atoms with Gasteiger partial charge in [-0.25, -0.2) is 0 Å². The number of hydrogen-bond donors (Lipinski definition) is 1. The number of nitrogens with one attached hydrogen (secondary N) is 1. The fraction of sp³-hybridized carbons (Fsp3) is 0.357. The zero-order valence-corrected chi connectivity index (χ0v) is 14.0. The molecule has 0 saturated heterocycles. The Balaban J connectivity index is 2.29. The third-order valence-electron chi connectivity index (χ3n) is 2.95. The van der Waals surface area contributed by atoms with Gasteiger partial charge in [-0.15, -0.1) is 0 Å². The van der Waals surface area contributed by atoms with Gasteiger partial charge >= 0.3 is 0 Å². The molecule has 0 bridgehead atoms. The summed E-state index contributed by atoms with van der Waals surface area (Å²) in [6, 6.07) is 5.67. The Bertz CT molecular complexity index is 611. The van der Waals surface area contributed by atoms with Crippen molar-refractivity contribution in [2.75, 3.05) is 6.54 Å². The monoisotopic (exact) mass is 329 g/mol. The van der Waals surface area contributed by atoms with Gasteiger partial charge in [0.25, 0.3) is 0 Å². The summed E-state index contributed by atoms with van der Waals surface area (Å²) >= 11 is 13.7. The molecule has 6 heteroatoms. The molecule has 1 heterocycles. The molecule has 1 aromatic heterocycles. The second-order valence-corrected chi connectivity index (χ2v) is 6.33. The highest BCUT2D eigenvalue weighted by Crippen LogP contribution is 2.34. The van der Waals surface area contributed by atoms with Gasteiger partial charge in [-0.2, -0.15) is 5.10 Å². The van der Waals surface area contributed by atoms with Crippen LogP contribution in [0.25, 0.3) is 0 Å². The largest absolute Gasteiger partial charge is 0.313 e. The van der Waals surface area contributed by atoms with Gasteiger partial charge < -0.3 is 5.32 Å². The number of benzene rings is 1. The summed E-state index contributed by atoms with van der Waals surface area (Å²) < 4.78 is 1.91. The summed E-state index contributed by atoms with van der Waals surface area (Å²) in [7, 11) is 1.96. The standard InChI is InChI=1S/C14H17Cl2N3S/c1-4-17-8-11-9(2)18-19(3)14(11)20-10-5-6-12(15)13(16)7-10/h5-7,17H,4,8H2,1-3H3. The molecule has 0 radical (unpaired) electrons. The normalized spacial score (nSPS) is 11.1. The van der Waals surface area contributed by atoms with Crippen LogP contribution in [-0.2, 0) is 13.6 Å². The number of rotatable bonds is 5. The summed E-state index contributed by atoms with van der Waals surface area (Å²) in [6.45, 7) is 5.88. The average molecular weight is 330 g/mol. The second-order valence-electron chi connectivity index (χ2n) is 4.45. The molecule has 108 valence electrons. The van der Waals surface area contributed by atoms with E-state index in [-0.39, 0.29) is 0 Å². The lowest BCUT2D eigenvalue weighted by Crippen LogP contribution is -2.12. The molecule has 0 aliphatic carbocycles. The number of aromatic nitrogens is 2. The highest BCUT2D eigenvalue weighted by Gasteiger charge is 2.14. The van der Waals surface area contributed by atoms with Crippen LogP contribution < -0.4 is 5.32 Å². The lowest BCUT2D eigenvalue weighted by atomic mass is 10.2. The molecule has 3 nitrogen and oxygen atoms in total. The van der Waals surface area contributed by atoms with Crippen LogP contribution in [0.2, 0.25) is 10.0 Å². The Morgan fingerprint density at radius 2 is 2.05 bits per heavy atom. The molecule has 0 aliphatic heterocycles. The van der Waals surface area contributed by atoms with E-state index in [0.717, 1.165) is 28.7 Å². The van der Waals surface area contributed by atoms with Crippen LogP contribution in [0.3, 0.4) is 0 Å². The van der Waals surface area contributed by atoms with Gasteiger partial charge in [-0.05, 0) is 31.7 Å². The molecule has 2 aromatic rings. The van der Waals surface area contributed by atoms with Crippen molar-refractivity contribution in [1.82, 2.24) is 15.1 Å². The third kappa shape index (κ3) is 3.50. The van der Waals surface area contributed by atoms with Crippen LogP contribution in [0.5, 0.6) is 0 Å². The van der Waals surface area contributed by atoms with E-state index in [2.05, 4.69) is 17.3 Å². The molecular formula is C14H17Cl2N3S. The maximum Gasteiger partial charge on any atom is 0.103 e. The Labute approximate surface area is 133 Å². The van der Waals surface area contributed by atoms with Crippen LogP contribution >= 0.6 is 35.0 Å². The molecule has 1 N–H and O–H groups in total. The van der Waals surface area contributed by atoms with Gasteiger partial charge in [-0.3, -0.25) is 4.68 Å². The second kappa shape index (κ2) is 6.85. The van der Waals surface area contributed by atoms with Crippen LogP contribution in [0.4, 0.5) is 0 Å². The smallest absolute Gasteiger partial charge is 0.103 e. The van der Waals surface area contributed by atoms with E-state index in [0.29, 0.717) is 10.0 Å². The average Bonchev–Trinajstić information content (AvgIpc) is 2.66. The Morgan fingerprint density at radius 3 is 2.70 bits per heavy atom. The third-order valence-corrected chi connectivity index (χ3v) is 4.88. The first-order valence-corrected chi connectivity index (χ1v) is 7.96. The Morgan fingerprint density at radius 1 is 1.30 bits per heavy atom. The first kappa shape index (κ1) is 15.7. The fourth-order valence-corrected chi connectivity index (χ4v) is 3.33. The van der Waals surface area contributed by atoms with E-state index < -0.39 is 0 Å². The molecule has 0 spiro atoms. The number of nitrogens with zero attached hydrogens (tertiary/aromatic N) is 2. The molecule has 0 unspecified atom stereocenters. The van der Waals surface area contributed by atoms with E-state index in [9.17, 15) is 0 Å². The Hall–Kier alpha value is -0.680. The molecule has 0 amide bonds. The molecular weight excluding hydrogens is 313 g/mol. The van der Waals surface area contributed by atoms with E-state index in [4.69, 9.17) is 23.2 Å². The first-order valence-electron chi connectivity index (χ1n) is 6.39. The van der Waals surface area contributed by atoms with E-state index >= 15 is 0 Å². The van der Waals surface area contributed by atoms with Gasteiger partial charge in [0, 0.05) is 24.1 Å². The van der Waals surface area contributed by atoms with E-state index in [1.54, 1.807) is 11.8 Å². The van der Waals surface area contributed by atoms with Crippen molar-refractivity contribution < 1.29 is 0 Å². The molecule has 20 heavy (non-hydrogen) atoms. The van der Waals surface area contributed by atoms with Crippen molar-refractivity contribution in [2.24, 2.45) is 7.05 Å². The zero-order valence-electron chi connectivity index (χ0n) is 11.7. The van der Waals surface area contributed by atoms with Crippen LogP contribution in [-0.4, -0.2) is 16.3 Å². The minimum absolute atomic E-state index is 0.573. The summed E-state index contributed by atoms with van der Waals surface area (Å²) in [5.74, 6) is 0. The van der Waals surface area contributed by atoms with Gasteiger partial charge in [0.15, 0.2) is 0 Å². The molecule has 0 atom stereocenters. The quantitative estimate of drug-likeness (QED) is 0.887. The summed E-state index contributed by atoms with van der Waals surface area (Å²) in [5.41, 5.74) is 2.28. The topological polar surface area (TPSA) is 29.9 Å². The van der Waals surface area contributed by atoms with Crippen LogP contribution in [0.15, 0.2) is 28.1 Å². The molecule has 0 aliphatic rings. The summed E-state index contributed by atoms with van der Waals surface area (Å²) in [6.07, 6.45) is 0. The van der Waals surface area contributed by atoms with Crippen molar-refractivity contribution in [1.29, 1.82) is 0 Å². The van der Waals surface area contributed by atoms with E-state index in [1.165, 1.54) is 5.56 Å². The minimum Gasteiger partial charge on any atom is -0.313 e. The minimum atomic E-state index is 0.573. The van der Waals surface area contributed by atoms with Crippen molar-refractivity contribution in [2.45, 2.75) is 30.3 Å². The molecule has 2 rings (SSSR count). The van der Waals surface area contributed by atoms with Crippen LogP contribution in [0, 0.1) is 6.92 Å². The van der Waals surface area contributed by atoms with Crippen molar-refractivity contribution in [3.8, 4) is 0 Å². The van der Waals surface area contributed by atoms with E-state index in [1.807, 2.05) is 36.9 Å². The molecule has 0 fully saturated rings. The van der Waals surface area contributed by atoms with Crippen molar-refractivity contribution in [3.63, 3.8) is 0 Å². The lowest BCUT2D eigenvalue weighted by Gasteiger charge is -2.08. The number of hydrogen-bond acceptors (Lipinski definition) is 3. The van der Waals surface area contributed by atoms with Gasteiger partial charge in [0.2, 0.25) is 0 Å². The number of halogens is 2. The summed E-state index contributed by atoms with van der Waals surface area (Å²) in [5, 5.41) is 10.1. The highest BCUT2D eigenvalue weighted by atomic mass is 35.5. The molecule has 0 saturated carbocycles. The fourth-order valence-electron chi connectivity index (χ4n) is 1.91. The van der Waals surface area contributed by atoms with Crippen molar-refractivity contribution >= 4 is 35.0 Å². The number of aryl methyl sites for hydroxylation is 2. The SMILES string of the molecule is CCNCc1c(C)nn(C)c1Sc1ccc(Cl)c(Cl)c1. The molecule has 1 aromatic carbocycles. The van der Waals surface area contributed by atoms with Gasteiger partial charge in [-0.1, -0.05) is 41.9 Å². The summed E-state index contributed by atoms with van der Waals surface area (Å²) in [4.78, 5) is 1.06. The van der Waals surface area contributed by atoms with Gasteiger partial charge in [0.1, 0.15) is 5.03 Å². The first-order chi connectivity index (χ1) is 9.52. The van der Waals surface area contributed by atoms with Crippen LogP contribution in [0.1, 0.15) is 18.2 Å². The lowest BCUT2D eigenvalue weighted by molar-refractivity contribution is 0.674. The van der Waals surface area contributed by atoms with Crippen molar-refractivity contribution in [3.05, 3.63) is 39.5 Å². The maximum absolute atomic E-state index is 6.07. The highest BCUT2D eigenvalue weighted by molar-refractivity contribution is 7.99.